The molecule has 1 rings (SSSR count). The van der Waals surface area contributed by atoms with Gasteiger partial charge in [-0.25, -0.2) is 4.79 Å². The van der Waals surface area contributed by atoms with Gasteiger partial charge in [-0.1, -0.05) is 18.2 Å². The molecule has 0 saturated heterocycles. The van der Waals surface area contributed by atoms with Gasteiger partial charge in [0.05, 0.1) is 10.9 Å². The Labute approximate surface area is 75.8 Å². The smallest absolute Gasteiger partial charge is 0.336 e. The first-order chi connectivity index (χ1) is 5.63. The Hall–Kier alpha value is -1.02. The largest absolute Gasteiger partial charge is 0.478 e. The monoisotopic (exact) mass is 184 g/mol. The third kappa shape index (κ3) is 1.77. The first kappa shape index (κ1) is 9.07. The molecular formula is C9H9ClO2. The van der Waals surface area contributed by atoms with Gasteiger partial charge in [0.2, 0.25) is 0 Å². The average molecular weight is 185 g/mol. The summed E-state index contributed by atoms with van der Waals surface area (Å²) in [6.45, 7) is 1.75. The molecule has 0 aromatic heterocycles. The number of benzene rings is 1. The molecule has 2 nitrogen and oxygen atoms in total. The quantitative estimate of drug-likeness (QED) is 0.718. The van der Waals surface area contributed by atoms with Crippen LogP contribution in [0.25, 0.3) is 0 Å². The van der Waals surface area contributed by atoms with E-state index in [9.17, 15) is 4.79 Å². The summed E-state index contributed by atoms with van der Waals surface area (Å²) in [5, 5.41) is 8.49. The van der Waals surface area contributed by atoms with Crippen LogP contribution in [0, 0.1) is 0 Å². The number of rotatable bonds is 2. The van der Waals surface area contributed by atoms with Crippen LogP contribution < -0.4 is 0 Å². The lowest BCUT2D eigenvalue weighted by Gasteiger charge is -2.06. The van der Waals surface area contributed by atoms with Crippen LogP contribution in [0.3, 0.4) is 0 Å². The van der Waals surface area contributed by atoms with E-state index in [1.807, 2.05) is 0 Å². The van der Waals surface area contributed by atoms with E-state index < -0.39 is 5.97 Å². The molecule has 0 bridgehead atoms. The standard InChI is InChI=1S/C9H9ClO2/c1-6(10)7-4-2-3-5-8(7)9(11)12/h2-6H,1H3,(H,11,12). The lowest BCUT2D eigenvalue weighted by Crippen LogP contribution is -2.01. The highest BCUT2D eigenvalue weighted by Gasteiger charge is 2.11. The van der Waals surface area contributed by atoms with Gasteiger partial charge >= 0.3 is 5.97 Å². The zero-order chi connectivity index (χ0) is 9.14. The number of carboxylic acid groups (broad SMARTS) is 1. The summed E-state index contributed by atoms with van der Waals surface area (Å²) in [6, 6.07) is 6.74. The van der Waals surface area contributed by atoms with Crippen LogP contribution in [0.5, 0.6) is 0 Å². The minimum absolute atomic E-state index is 0.266. The lowest BCUT2D eigenvalue weighted by atomic mass is 10.1. The number of hydrogen-bond acceptors (Lipinski definition) is 1. The van der Waals surface area contributed by atoms with Crippen molar-refractivity contribution < 1.29 is 9.90 Å². The molecule has 0 aliphatic heterocycles. The molecule has 1 N–H and O–H groups in total. The predicted octanol–water partition coefficient (Wildman–Crippen LogP) is 2.68. The normalized spacial score (nSPS) is 12.5. The molecule has 64 valence electrons. The maximum Gasteiger partial charge on any atom is 0.336 e. The van der Waals surface area contributed by atoms with Crippen LogP contribution in [0.4, 0.5) is 0 Å². The van der Waals surface area contributed by atoms with Crippen molar-refractivity contribution in [2.75, 3.05) is 0 Å². The fraction of sp³-hybridized carbons (Fsp3) is 0.222. The maximum absolute atomic E-state index is 10.7. The van der Waals surface area contributed by atoms with Crippen LogP contribution in [0.1, 0.15) is 28.2 Å². The molecule has 3 heteroatoms. The van der Waals surface area contributed by atoms with Crippen LogP contribution in [0.2, 0.25) is 0 Å². The number of carbonyl (C=O) groups is 1. The first-order valence-corrected chi connectivity index (χ1v) is 4.03. The van der Waals surface area contributed by atoms with E-state index in [0.717, 1.165) is 0 Å². The second-order valence-electron chi connectivity index (χ2n) is 2.51. The van der Waals surface area contributed by atoms with Gasteiger partial charge in [-0.3, -0.25) is 0 Å². The van der Waals surface area contributed by atoms with Crippen molar-refractivity contribution in [3.05, 3.63) is 35.4 Å². The highest BCUT2D eigenvalue weighted by molar-refractivity contribution is 6.21. The van der Waals surface area contributed by atoms with Crippen LogP contribution in [-0.4, -0.2) is 11.1 Å². The van der Waals surface area contributed by atoms with Crippen molar-refractivity contribution in [1.29, 1.82) is 0 Å². The Bertz CT molecular complexity index is 294. The van der Waals surface area contributed by atoms with Gasteiger partial charge in [0.15, 0.2) is 0 Å². The van der Waals surface area contributed by atoms with E-state index >= 15 is 0 Å². The average Bonchev–Trinajstić information content (AvgIpc) is 2.04. The predicted molar refractivity (Wildman–Crippen MR) is 47.7 cm³/mol. The summed E-state index contributed by atoms with van der Waals surface area (Å²) in [5.74, 6) is -0.932. The highest BCUT2D eigenvalue weighted by Crippen LogP contribution is 2.22. The summed E-state index contributed by atoms with van der Waals surface area (Å²) < 4.78 is 0. The van der Waals surface area contributed by atoms with E-state index in [1.165, 1.54) is 0 Å². The van der Waals surface area contributed by atoms with E-state index in [1.54, 1.807) is 31.2 Å². The van der Waals surface area contributed by atoms with E-state index in [-0.39, 0.29) is 10.9 Å². The molecule has 12 heavy (non-hydrogen) atoms. The minimum atomic E-state index is -0.932. The lowest BCUT2D eigenvalue weighted by molar-refractivity contribution is 0.0695. The Morgan fingerprint density at radius 2 is 2.08 bits per heavy atom. The highest BCUT2D eigenvalue weighted by atomic mass is 35.5. The van der Waals surface area contributed by atoms with Gasteiger partial charge in [0.25, 0.3) is 0 Å². The summed E-state index contributed by atoms with van der Waals surface area (Å²) in [7, 11) is 0. The molecule has 0 spiro atoms. The van der Waals surface area contributed by atoms with Gasteiger partial charge in [-0.2, -0.15) is 0 Å². The van der Waals surface area contributed by atoms with Crippen molar-refractivity contribution in [3.8, 4) is 0 Å². The van der Waals surface area contributed by atoms with Crippen LogP contribution in [0.15, 0.2) is 24.3 Å². The molecule has 0 heterocycles. The zero-order valence-corrected chi connectivity index (χ0v) is 7.38. The molecule has 1 unspecified atom stereocenters. The van der Waals surface area contributed by atoms with Crippen LogP contribution in [-0.2, 0) is 0 Å². The second kappa shape index (κ2) is 3.59. The molecule has 1 aromatic rings. The van der Waals surface area contributed by atoms with Crippen molar-refractivity contribution in [3.63, 3.8) is 0 Å². The van der Waals surface area contributed by atoms with Crippen molar-refractivity contribution >= 4 is 17.6 Å². The molecule has 0 fully saturated rings. The number of hydrogen-bond donors (Lipinski definition) is 1. The molecular weight excluding hydrogens is 176 g/mol. The van der Waals surface area contributed by atoms with Crippen molar-refractivity contribution in [2.45, 2.75) is 12.3 Å². The summed E-state index contributed by atoms with van der Waals surface area (Å²) in [4.78, 5) is 10.7. The summed E-state index contributed by atoms with van der Waals surface area (Å²) in [5.41, 5.74) is 0.937. The molecule has 0 radical (unpaired) electrons. The number of carboxylic acids is 1. The Balaban J connectivity index is 3.17. The van der Waals surface area contributed by atoms with Crippen molar-refractivity contribution in [1.82, 2.24) is 0 Å². The molecule has 1 atom stereocenters. The number of aromatic carboxylic acids is 1. The third-order valence-corrected chi connectivity index (χ3v) is 1.85. The van der Waals surface area contributed by atoms with Gasteiger partial charge in [0, 0.05) is 0 Å². The number of alkyl halides is 1. The fourth-order valence-corrected chi connectivity index (χ4v) is 1.23. The zero-order valence-electron chi connectivity index (χ0n) is 6.62. The van der Waals surface area contributed by atoms with Gasteiger partial charge in [-0.05, 0) is 18.6 Å². The Morgan fingerprint density at radius 1 is 1.50 bits per heavy atom. The van der Waals surface area contributed by atoms with E-state index in [4.69, 9.17) is 16.7 Å². The van der Waals surface area contributed by atoms with Gasteiger partial charge in [0.1, 0.15) is 0 Å². The fourth-order valence-electron chi connectivity index (χ4n) is 1.04. The maximum atomic E-state index is 10.7. The molecule has 0 aliphatic rings. The Morgan fingerprint density at radius 3 is 2.50 bits per heavy atom. The molecule has 1 aromatic carbocycles. The van der Waals surface area contributed by atoms with Crippen LogP contribution >= 0.6 is 11.6 Å². The van der Waals surface area contributed by atoms with Gasteiger partial charge < -0.3 is 5.11 Å². The SMILES string of the molecule is CC(Cl)c1ccccc1C(=O)O. The molecule has 0 saturated carbocycles. The summed E-state index contributed by atoms with van der Waals surface area (Å²) in [6.07, 6.45) is 0. The van der Waals surface area contributed by atoms with E-state index in [2.05, 4.69) is 0 Å². The van der Waals surface area contributed by atoms with Gasteiger partial charge in [-0.15, -0.1) is 11.6 Å². The number of halogens is 1. The second-order valence-corrected chi connectivity index (χ2v) is 3.16. The Kier molecular flexibility index (Phi) is 2.71. The summed E-state index contributed by atoms with van der Waals surface area (Å²) >= 11 is 5.79. The van der Waals surface area contributed by atoms with Crippen molar-refractivity contribution in [2.24, 2.45) is 0 Å². The minimum Gasteiger partial charge on any atom is -0.478 e. The molecule has 0 amide bonds. The molecule has 0 aliphatic carbocycles. The van der Waals surface area contributed by atoms with E-state index in [0.29, 0.717) is 5.56 Å². The third-order valence-electron chi connectivity index (χ3n) is 1.62. The topological polar surface area (TPSA) is 37.3 Å². The first-order valence-electron chi connectivity index (χ1n) is 3.59.